The standard InChI is InChI=1S/C17H18O5/c1-20-16-13(15(18)17(19)21-2)9-6-10-14(16)22-11-12-7-4-3-5-8-12/h3-10,15,18H,11H2,1-2H3. The van der Waals surface area contributed by atoms with Crippen molar-refractivity contribution in [1.29, 1.82) is 0 Å². The van der Waals surface area contributed by atoms with Crippen LogP contribution in [0.3, 0.4) is 0 Å². The molecule has 0 heterocycles. The molecule has 2 aromatic rings. The van der Waals surface area contributed by atoms with Crippen molar-refractivity contribution in [2.75, 3.05) is 14.2 Å². The van der Waals surface area contributed by atoms with Crippen molar-refractivity contribution in [3.05, 3.63) is 59.7 Å². The van der Waals surface area contributed by atoms with Crippen molar-refractivity contribution in [2.45, 2.75) is 12.7 Å². The highest BCUT2D eigenvalue weighted by Gasteiger charge is 2.24. The SMILES string of the molecule is COC(=O)C(O)c1cccc(OCc2ccccc2)c1OC. The molecule has 0 bridgehead atoms. The first kappa shape index (κ1) is 15.9. The molecule has 2 rings (SSSR count). The minimum atomic E-state index is -1.42. The third-order valence-electron chi connectivity index (χ3n) is 3.17. The Balaban J connectivity index is 2.23. The summed E-state index contributed by atoms with van der Waals surface area (Å²) < 4.78 is 15.6. The summed E-state index contributed by atoms with van der Waals surface area (Å²) in [4.78, 5) is 11.5. The number of carbonyl (C=O) groups excluding carboxylic acids is 1. The number of ether oxygens (including phenoxy) is 3. The molecule has 0 saturated carbocycles. The number of aliphatic hydroxyl groups excluding tert-OH is 1. The summed E-state index contributed by atoms with van der Waals surface area (Å²) in [5.74, 6) is 0.0154. The molecular weight excluding hydrogens is 284 g/mol. The fourth-order valence-corrected chi connectivity index (χ4v) is 2.05. The molecule has 0 radical (unpaired) electrons. The highest BCUT2D eigenvalue weighted by molar-refractivity contribution is 5.77. The van der Waals surface area contributed by atoms with Gasteiger partial charge in [-0.05, 0) is 11.6 Å². The van der Waals surface area contributed by atoms with E-state index in [1.54, 1.807) is 18.2 Å². The Morgan fingerprint density at radius 3 is 2.45 bits per heavy atom. The van der Waals surface area contributed by atoms with Gasteiger partial charge in [0, 0.05) is 5.56 Å². The molecule has 0 amide bonds. The zero-order valence-electron chi connectivity index (χ0n) is 12.5. The molecule has 116 valence electrons. The van der Waals surface area contributed by atoms with Crippen LogP contribution in [0.15, 0.2) is 48.5 Å². The van der Waals surface area contributed by atoms with Gasteiger partial charge < -0.3 is 19.3 Å². The molecule has 0 saturated heterocycles. The van der Waals surface area contributed by atoms with Crippen LogP contribution in [0.5, 0.6) is 11.5 Å². The first-order valence-electron chi connectivity index (χ1n) is 6.77. The lowest BCUT2D eigenvalue weighted by atomic mass is 10.1. The smallest absolute Gasteiger partial charge is 0.339 e. The van der Waals surface area contributed by atoms with E-state index in [0.29, 0.717) is 23.7 Å². The summed E-state index contributed by atoms with van der Waals surface area (Å²) >= 11 is 0. The molecule has 0 aromatic heterocycles. The van der Waals surface area contributed by atoms with Gasteiger partial charge in [0.05, 0.1) is 14.2 Å². The molecule has 22 heavy (non-hydrogen) atoms. The van der Waals surface area contributed by atoms with Crippen molar-refractivity contribution < 1.29 is 24.1 Å². The van der Waals surface area contributed by atoms with Gasteiger partial charge in [-0.25, -0.2) is 4.79 Å². The van der Waals surface area contributed by atoms with Gasteiger partial charge in [-0.15, -0.1) is 0 Å². The van der Waals surface area contributed by atoms with Crippen LogP contribution in [0.2, 0.25) is 0 Å². The van der Waals surface area contributed by atoms with Gasteiger partial charge in [0.1, 0.15) is 6.61 Å². The lowest BCUT2D eigenvalue weighted by molar-refractivity contribution is -0.150. The maximum atomic E-state index is 11.5. The molecule has 2 aromatic carbocycles. The molecule has 1 atom stereocenters. The van der Waals surface area contributed by atoms with Crippen molar-refractivity contribution >= 4 is 5.97 Å². The lowest BCUT2D eigenvalue weighted by Crippen LogP contribution is -2.14. The minimum Gasteiger partial charge on any atom is -0.492 e. The number of rotatable bonds is 6. The number of esters is 1. The molecule has 0 fully saturated rings. The van der Waals surface area contributed by atoms with Crippen LogP contribution in [0.25, 0.3) is 0 Å². The van der Waals surface area contributed by atoms with Crippen LogP contribution in [0.1, 0.15) is 17.2 Å². The summed E-state index contributed by atoms with van der Waals surface area (Å²) in [5, 5.41) is 10.0. The van der Waals surface area contributed by atoms with E-state index in [1.165, 1.54) is 14.2 Å². The number of methoxy groups -OCH3 is 2. The van der Waals surface area contributed by atoms with Crippen LogP contribution in [0, 0.1) is 0 Å². The number of hydrogen-bond donors (Lipinski definition) is 1. The summed E-state index contributed by atoms with van der Waals surface area (Å²) in [5.41, 5.74) is 1.31. The van der Waals surface area contributed by atoms with Gasteiger partial charge in [0.2, 0.25) is 0 Å². The summed E-state index contributed by atoms with van der Waals surface area (Å²) in [6.07, 6.45) is -1.42. The Morgan fingerprint density at radius 2 is 1.82 bits per heavy atom. The number of carbonyl (C=O) groups is 1. The third-order valence-corrected chi connectivity index (χ3v) is 3.17. The highest BCUT2D eigenvalue weighted by Crippen LogP contribution is 2.35. The molecular formula is C17H18O5. The Hall–Kier alpha value is -2.53. The second-order valence-corrected chi connectivity index (χ2v) is 4.58. The number of aliphatic hydroxyl groups is 1. The molecule has 1 unspecified atom stereocenters. The van der Waals surface area contributed by atoms with Gasteiger partial charge in [0.15, 0.2) is 17.6 Å². The van der Waals surface area contributed by atoms with Crippen LogP contribution in [-0.4, -0.2) is 25.3 Å². The van der Waals surface area contributed by atoms with E-state index in [-0.39, 0.29) is 0 Å². The molecule has 5 heteroatoms. The van der Waals surface area contributed by atoms with E-state index in [4.69, 9.17) is 9.47 Å². The number of hydrogen-bond acceptors (Lipinski definition) is 5. The maximum absolute atomic E-state index is 11.5. The third kappa shape index (κ3) is 3.56. The predicted octanol–water partition coefficient (Wildman–Crippen LogP) is 2.48. The molecule has 0 spiro atoms. The second-order valence-electron chi connectivity index (χ2n) is 4.58. The first-order valence-corrected chi connectivity index (χ1v) is 6.77. The molecule has 0 aliphatic rings. The van der Waals surface area contributed by atoms with Crippen LogP contribution >= 0.6 is 0 Å². The predicted molar refractivity (Wildman–Crippen MR) is 80.7 cm³/mol. The van der Waals surface area contributed by atoms with E-state index in [9.17, 15) is 9.90 Å². The fraction of sp³-hybridized carbons (Fsp3) is 0.235. The van der Waals surface area contributed by atoms with E-state index < -0.39 is 12.1 Å². The monoisotopic (exact) mass is 302 g/mol. The fourth-order valence-electron chi connectivity index (χ4n) is 2.05. The quantitative estimate of drug-likeness (QED) is 0.830. The van der Waals surface area contributed by atoms with Gasteiger partial charge in [0.25, 0.3) is 0 Å². The van der Waals surface area contributed by atoms with Crippen LogP contribution < -0.4 is 9.47 Å². The van der Waals surface area contributed by atoms with Crippen LogP contribution in [-0.2, 0) is 16.1 Å². The molecule has 1 N–H and O–H groups in total. The van der Waals surface area contributed by atoms with Crippen molar-refractivity contribution in [3.8, 4) is 11.5 Å². The van der Waals surface area contributed by atoms with Crippen LogP contribution in [0.4, 0.5) is 0 Å². The largest absolute Gasteiger partial charge is 0.492 e. The second kappa shape index (κ2) is 7.47. The Labute approximate surface area is 129 Å². The maximum Gasteiger partial charge on any atom is 0.339 e. The Kier molecular flexibility index (Phi) is 5.38. The Morgan fingerprint density at radius 1 is 1.09 bits per heavy atom. The van der Waals surface area contributed by atoms with Crippen molar-refractivity contribution in [3.63, 3.8) is 0 Å². The van der Waals surface area contributed by atoms with Gasteiger partial charge in [-0.1, -0.05) is 42.5 Å². The molecule has 5 nitrogen and oxygen atoms in total. The summed E-state index contributed by atoms with van der Waals surface area (Å²) in [6, 6.07) is 14.7. The molecule has 0 aliphatic heterocycles. The minimum absolute atomic E-state index is 0.305. The first-order chi connectivity index (χ1) is 10.7. The van der Waals surface area contributed by atoms with Gasteiger partial charge >= 0.3 is 5.97 Å². The molecule has 0 aliphatic carbocycles. The van der Waals surface area contributed by atoms with E-state index >= 15 is 0 Å². The highest BCUT2D eigenvalue weighted by atomic mass is 16.5. The van der Waals surface area contributed by atoms with Crippen molar-refractivity contribution in [2.24, 2.45) is 0 Å². The summed E-state index contributed by atoms with van der Waals surface area (Å²) in [7, 11) is 2.67. The summed E-state index contributed by atoms with van der Waals surface area (Å²) in [6.45, 7) is 0.356. The van der Waals surface area contributed by atoms with Gasteiger partial charge in [-0.3, -0.25) is 0 Å². The topological polar surface area (TPSA) is 65.0 Å². The number of para-hydroxylation sites is 1. The average Bonchev–Trinajstić information content (AvgIpc) is 2.59. The van der Waals surface area contributed by atoms with E-state index in [2.05, 4.69) is 4.74 Å². The lowest BCUT2D eigenvalue weighted by Gasteiger charge is -2.16. The van der Waals surface area contributed by atoms with E-state index in [1.807, 2.05) is 30.3 Å². The van der Waals surface area contributed by atoms with E-state index in [0.717, 1.165) is 5.56 Å². The normalized spacial score (nSPS) is 11.6. The Bertz CT molecular complexity index is 624. The zero-order valence-corrected chi connectivity index (χ0v) is 12.5. The average molecular weight is 302 g/mol. The zero-order chi connectivity index (χ0) is 15.9. The number of benzene rings is 2. The van der Waals surface area contributed by atoms with Crippen molar-refractivity contribution in [1.82, 2.24) is 0 Å². The van der Waals surface area contributed by atoms with Gasteiger partial charge in [-0.2, -0.15) is 0 Å².